The SMILES string of the molecule is CC1(C)CC(=O)c2ccc(-c3cccc4ccccc34)nc2C1. The van der Waals surface area contributed by atoms with E-state index in [0.29, 0.717) is 6.42 Å². The summed E-state index contributed by atoms with van der Waals surface area (Å²) in [5.74, 6) is 0.216. The topological polar surface area (TPSA) is 30.0 Å². The van der Waals surface area contributed by atoms with Crippen molar-refractivity contribution in [2.24, 2.45) is 5.41 Å². The number of Topliss-reactive ketones (excluding diaryl/α,β-unsaturated/α-hetero) is 1. The first kappa shape index (κ1) is 14.1. The van der Waals surface area contributed by atoms with Crippen LogP contribution in [0.4, 0.5) is 0 Å². The number of aromatic nitrogens is 1. The van der Waals surface area contributed by atoms with Gasteiger partial charge in [0, 0.05) is 17.5 Å². The average molecular weight is 301 g/mol. The van der Waals surface area contributed by atoms with Crippen molar-refractivity contribution in [3.8, 4) is 11.3 Å². The molecule has 114 valence electrons. The molecule has 1 heterocycles. The Kier molecular flexibility index (Phi) is 3.08. The Morgan fingerprint density at radius 2 is 1.65 bits per heavy atom. The van der Waals surface area contributed by atoms with Gasteiger partial charge in [0.2, 0.25) is 0 Å². The fourth-order valence-corrected chi connectivity index (χ4v) is 3.53. The summed E-state index contributed by atoms with van der Waals surface area (Å²) in [7, 11) is 0. The van der Waals surface area contributed by atoms with Crippen LogP contribution in [0.25, 0.3) is 22.0 Å². The first-order valence-corrected chi connectivity index (χ1v) is 8.05. The molecule has 0 fully saturated rings. The molecule has 0 radical (unpaired) electrons. The van der Waals surface area contributed by atoms with Gasteiger partial charge in [-0.15, -0.1) is 0 Å². The number of nitrogens with zero attached hydrogens (tertiary/aromatic N) is 1. The number of carbonyl (C=O) groups is 1. The predicted molar refractivity (Wildman–Crippen MR) is 93.6 cm³/mol. The van der Waals surface area contributed by atoms with Crippen molar-refractivity contribution < 1.29 is 4.79 Å². The minimum atomic E-state index is -0.00549. The van der Waals surface area contributed by atoms with Gasteiger partial charge in [-0.3, -0.25) is 9.78 Å². The van der Waals surface area contributed by atoms with E-state index < -0.39 is 0 Å². The number of hydrogen-bond acceptors (Lipinski definition) is 2. The Balaban J connectivity index is 1.89. The molecule has 0 atom stereocenters. The number of carbonyl (C=O) groups excluding carboxylic acids is 1. The minimum Gasteiger partial charge on any atom is -0.294 e. The van der Waals surface area contributed by atoms with Crippen molar-refractivity contribution in [3.63, 3.8) is 0 Å². The summed E-state index contributed by atoms with van der Waals surface area (Å²) in [6.07, 6.45) is 1.46. The number of benzene rings is 2. The van der Waals surface area contributed by atoms with Crippen LogP contribution in [0.3, 0.4) is 0 Å². The molecule has 4 rings (SSSR count). The van der Waals surface area contributed by atoms with Gasteiger partial charge >= 0.3 is 0 Å². The summed E-state index contributed by atoms with van der Waals surface area (Å²) in [5.41, 5.74) is 3.81. The van der Waals surface area contributed by atoms with Gasteiger partial charge in [-0.2, -0.15) is 0 Å². The molecule has 0 aliphatic heterocycles. The van der Waals surface area contributed by atoms with Crippen LogP contribution in [-0.2, 0) is 6.42 Å². The maximum Gasteiger partial charge on any atom is 0.165 e. The number of fused-ring (bicyclic) bond motifs is 2. The lowest BCUT2D eigenvalue weighted by molar-refractivity contribution is 0.0910. The van der Waals surface area contributed by atoms with E-state index >= 15 is 0 Å². The van der Waals surface area contributed by atoms with Gasteiger partial charge in [0.25, 0.3) is 0 Å². The third kappa shape index (κ3) is 2.44. The molecular formula is C21H19NO. The number of hydrogen-bond donors (Lipinski definition) is 0. The molecule has 23 heavy (non-hydrogen) atoms. The van der Waals surface area contributed by atoms with Gasteiger partial charge in [-0.05, 0) is 34.7 Å². The molecule has 0 amide bonds. The van der Waals surface area contributed by atoms with Crippen molar-refractivity contribution >= 4 is 16.6 Å². The smallest absolute Gasteiger partial charge is 0.165 e. The van der Waals surface area contributed by atoms with Gasteiger partial charge in [-0.25, -0.2) is 0 Å². The monoisotopic (exact) mass is 301 g/mol. The molecule has 0 unspecified atom stereocenters. The van der Waals surface area contributed by atoms with Crippen LogP contribution in [0, 0.1) is 5.41 Å². The lowest BCUT2D eigenvalue weighted by atomic mass is 9.75. The fraction of sp³-hybridized carbons (Fsp3) is 0.238. The minimum absolute atomic E-state index is 0.00549. The molecule has 0 spiro atoms. The van der Waals surface area contributed by atoms with Gasteiger partial charge < -0.3 is 0 Å². The van der Waals surface area contributed by atoms with Crippen LogP contribution in [-0.4, -0.2) is 10.8 Å². The highest BCUT2D eigenvalue weighted by Gasteiger charge is 2.31. The zero-order valence-corrected chi connectivity index (χ0v) is 13.5. The summed E-state index contributed by atoms with van der Waals surface area (Å²) in [6, 6.07) is 18.6. The quantitative estimate of drug-likeness (QED) is 0.629. The second kappa shape index (κ2) is 5.02. The highest BCUT2D eigenvalue weighted by Crippen LogP contribution is 2.35. The Hall–Kier alpha value is -2.48. The Labute approximate surface area is 136 Å². The number of rotatable bonds is 1. The Morgan fingerprint density at radius 3 is 2.52 bits per heavy atom. The number of ketones is 1. The summed E-state index contributed by atoms with van der Waals surface area (Å²) in [6.45, 7) is 4.28. The maximum atomic E-state index is 12.3. The lowest BCUT2D eigenvalue weighted by Gasteiger charge is -2.29. The van der Waals surface area contributed by atoms with E-state index in [1.54, 1.807) is 0 Å². The third-order valence-electron chi connectivity index (χ3n) is 4.63. The predicted octanol–water partition coefficient (Wildman–Crippen LogP) is 5.06. The highest BCUT2D eigenvalue weighted by molar-refractivity contribution is 6.00. The molecule has 2 aromatic carbocycles. The van der Waals surface area contributed by atoms with Gasteiger partial charge in [-0.1, -0.05) is 56.3 Å². The van der Waals surface area contributed by atoms with Crippen LogP contribution < -0.4 is 0 Å². The molecule has 0 bridgehead atoms. The van der Waals surface area contributed by atoms with Crippen molar-refractivity contribution in [3.05, 3.63) is 65.9 Å². The standard InChI is InChI=1S/C21H19NO/c1-21(2)12-19-17(20(23)13-21)10-11-18(22-19)16-9-5-7-14-6-3-4-8-15(14)16/h3-11H,12-13H2,1-2H3. The second-order valence-corrected chi connectivity index (χ2v) is 7.16. The summed E-state index contributed by atoms with van der Waals surface area (Å²) < 4.78 is 0. The van der Waals surface area contributed by atoms with Crippen molar-refractivity contribution in [2.75, 3.05) is 0 Å². The van der Waals surface area contributed by atoms with E-state index in [1.807, 2.05) is 18.2 Å². The van der Waals surface area contributed by atoms with E-state index in [9.17, 15) is 4.79 Å². The van der Waals surface area contributed by atoms with Crippen molar-refractivity contribution in [1.29, 1.82) is 0 Å². The van der Waals surface area contributed by atoms with Crippen LogP contribution in [0.1, 0.15) is 36.3 Å². The fourth-order valence-electron chi connectivity index (χ4n) is 3.53. The van der Waals surface area contributed by atoms with Crippen LogP contribution in [0.2, 0.25) is 0 Å². The van der Waals surface area contributed by atoms with Crippen LogP contribution in [0.15, 0.2) is 54.6 Å². The Morgan fingerprint density at radius 1 is 0.870 bits per heavy atom. The lowest BCUT2D eigenvalue weighted by Crippen LogP contribution is -2.27. The molecule has 2 nitrogen and oxygen atoms in total. The van der Waals surface area contributed by atoms with Gasteiger partial charge in [0.15, 0.2) is 5.78 Å². The molecule has 0 N–H and O–H groups in total. The Bertz CT molecular complexity index is 919. The molecule has 1 aliphatic rings. The van der Waals surface area contributed by atoms with Crippen LogP contribution >= 0.6 is 0 Å². The van der Waals surface area contributed by atoms with E-state index in [2.05, 4.69) is 50.2 Å². The molecule has 1 aromatic heterocycles. The molecule has 0 saturated carbocycles. The molecule has 1 aliphatic carbocycles. The summed E-state index contributed by atoms with van der Waals surface area (Å²) in [5, 5.41) is 2.41. The number of pyridine rings is 1. The molecular weight excluding hydrogens is 282 g/mol. The van der Waals surface area contributed by atoms with Gasteiger partial charge in [0.05, 0.1) is 11.4 Å². The van der Waals surface area contributed by atoms with E-state index in [-0.39, 0.29) is 11.2 Å². The van der Waals surface area contributed by atoms with Gasteiger partial charge in [0.1, 0.15) is 0 Å². The largest absolute Gasteiger partial charge is 0.294 e. The van der Waals surface area contributed by atoms with E-state index in [4.69, 9.17) is 4.98 Å². The maximum absolute atomic E-state index is 12.3. The van der Waals surface area contributed by atoms with Crippen molar-refractivity contribution in [1.82, 2.24) is 4.98 Å². The van der Waals surface area contributed by atoms with E-state index in [0.717, 1.165) is 28.9 Å². The zero-order chi connectivity index (χ0) is 16.0. The second-order valence-electron chi connectivity index (χ2n) is 7.16. The first-order valence-electron chi connectivity index (χ1n) is 8.05. The normalized spacial score (nSPS) is 16.3. The zero-order valence-electron chi connectivity index (χ0n) is 13.5. The van der Waals surface area contributed by atoms with Crippen LogP contribution in [0.5, 0.6) is 0 Å². The first-order chi connectivity index (χ1) is 11.0. The summed E-state index contributed by atoms with van der Waals surface area (Å²) in [4.78, 5) is 17.2. The van der Waals surface area contributed by atoms with E-state index in [1.165, 1.54) is 10.8 Å². The van der Waals surface area contributed by atoms with Crippen molar-refractivity contribution in [2.45, 2.75) is 26.7 Å². The third-order valence-corrected chi connectivity index (χ3v) is 4.63. The summed E-state index contributed by atoms with van der Waals surface area (Å²) >= 11 is 0. The molecule has 3 aromatic rings. The molecule has 2 heteroatoms. The molecule has 0 saturated heterocycles. The highest BCUT2D eigenvalue weighted by atomic mass is 16.1. The average Bonchev–Trinajstić information content (AvgIpc) is 2.52.